The van der Waals surface area contributed by atoms with E-state index >= 15 is 0 Å². The van der Waals surface area contributed by atoms with Crippen molar-refractivity contribution in [1.29, 1.82) is 0 Å². The molecule has 0 aromatic heterocycles. The maximum Gasteiger partial charge on any atom is 0.311 e. The van der Waals surface area contributed by atoms with Gasteiger partial charge in [-0.15, -0.1) is 0 Å². The number of hydrogen-bond acceptors (Lipinski definition) is 3. The monoisotopic (exact) mass is 314 g/mol. The van der Waals surface area contributed by atoms with Gasteiger partial charge in [0.15, 0.2) is 0 Å². The summed E-state index contributed by atoms with van der Waals surface area (Å²) in [4.78, 5) is 23.3. The summed E-state index contributed by atoms with van der Waals surface area (Å²) in [6, 6.07) is 15.4. The number of methoxy groups -OCH3 is 1. The zero-order valence-electron chi connectivity index (χ0n) is 12.7. The van der Waals surface area contributed by atoms with Crippen LogP contribution < -0.4 is 4.74 Å². The molecule has 2 aromatic carbocycles. The van der Waals surface area contributed by atoms with Crippen LogP contribution in [-0.4, -0.2) is 29.3 Å². The smallest absolute Gasteiger partial charge is 0.311 e. The fourth-order valence-corrected chi connectivity index (χ4v) is 2.57. The van der Waals surface area contributed by atoms with Crippen LogP contribution in [-0.2, 0) is 16.0 Å². The molecule has 0 saturated carbocycles. The topological polar surface area (TPSA) is 83.8 Å². The standard InChI is InChI=1S/C18H18O5/c1-23-14-9-7-12(8-10-14)11-15(17(19)20)16(18(21)22)13-5-3-2-4-6-13/h2-10,15-16H,11H2,1H3,(H,19,20)(H,21,22). The molecule has 0 aliphatic carbocycles. The summed E-state index contributed by atoms with van der Waals surface area (Å²) in [7, 11) is 1.55. The van der Waals surface area contributed by atoms with Crippen LogP contribution in [0.2, 0.25) is 0 Å². The lowest BCUT2D eigenvalue weighted by Gasteiger charge is -2.21. The quantitative estimate of drug-likeness (QED) is 0.821. The molecular weight excluding hydrogens is 296 g/mol. The molecule has 2 atom stereocenters. The van der Waals surface area contributed by atoms with Crippen LogP contribution in [0.4, 0.5) is 0 Å². The molecule has 2 aromatic rings. The summed E-state index contributed by atoms with van der Waals surface area (Å²) >= 11 is 0. The number of aliphatic carboxylic acids is 2. The zero-order valence-corrected chi connectivity index (χ0v) is 12.7. The molecule has 23 heavy (non-hydrogen) atoms. The third-order valence-corrected chi connectivity index (χ3v) is 3.76. The van der Waals surface area contributed by atoms with Gasteiger partial charge in [-0.05, 0) is 29.7 Å². The Morgan fingerprint density at radius 3 is 2.04 bits per heavy atom. The van der Waals surface area contributed by atoms with Crippen LogP contribution in [0.15, 0.2) is 54.6 Å². The Kier molecular flexibility index (Phi) is 5.36. The fraction of sp³-hybridized carbons (Fsp3) is 0.222. The first-order valence-corrected chi connectivity index (χ1v) is 7.16. The Hall–Kier alpha value is -2.82. The average molecular weight is 314 g/mol. The number of hydrogen-bond donors (Lipinski definition) is 2. The van der Waals surface area contributed by atoms with E-state index in [4.69, 9.17) is 4.74 Å². The van der Waals surface area contributed by atoms with Crippen molar-refractivity contribution in [2.45, 2.75) is 12.3 Å². The second kappa shape index (κ2) is 7.45. The third-order valence-electron chi connectivity index (χ3n) is 3.76. The van der Waals surface area contributed by atoms with E-state index in [0.29, 0.717) is 11.3 Å². The largest absolute Gasteiger partial charge is 0.497 e. The highest BCUT2D eigenvalue weighted by molar-refractivity contribution is 5.84. The number of rotatable bonds is 7. The number of carboxylic acids is 2. The minimum Gasteiger partial charge on any atom is -0.497 e. The molecule has 0 radical (unpaired) electrons. The van der Waals surface area contributed by atoms with Crippen LogP contribution in [0.5, 0.6) is 5.75 Å². The van der Waals surface area contributed by atoms with Gasteiger partial charge in [-0.25, -0.2) is 0 Å². The van der Waals surface area contributed by atoms with Gasteiger partial charge in [0.05, 0.1) is 18.9 Å². The average Bonchev–Trinajstić information content (AvgIpc) is 2.55. The predicted molar refractivity (Wildman–Crippen MR) is 84.6 cm³/mol. The second-order valence-electron chi connectivity index (χ2n) is 5.22. The molecule has 0 bridgehead atoms. The van der Waals surface area contributed by atoms with Gasteiger partial charge >= 0.3 is 11.9 Å². The van der Waals surface area contributed by atoms with Gasteiger partial charge in [0.2, 0.25) is 0 Å². The number of benzene rings is 2. The second-order valence-corrected chi connectivity index (χ2v) is 5.22. The van der Waals surface area contributed by atoms with E-state index in [2.05, 4.69) is 0 Å². The van der Waals surface area contributed by atoms with Crippen molar-refractivity contribution in [3.63, 3.8) is 0 Å². The lowest BCUT2D eigenvalue weighted by Crippen LogP contribution is -2.29. The van der Waals surface area contributed by atoms with Crippen molar-refractivity contribution < 1.29 is 24.5 Å². The van der Waals surface area contributed by atoms with Crippen molar-refractivity contribution in [2.75, 3.05) is 7.11 Å². The first-order chi connectivity index (χ1) is 11.0. The van der Waals surface area contributed by atoms with Crippen LogP contribution in [0.3, 0.4) is 0 Å². The fourth-order valence-electron chi connectivity index (χ4n) is 2.57. The SMILES string of the molecule is COc1ccc(CC(C(=O)O)C(C(=O)O)c2ccccc2)cc1. The molecule has 0 heterocycles. The Morgan fingerprint density at radius 1 is 0.957 bits per heavy atom. The normalized spacial score (nSPS) is 13.1. The summed E-state index contributed by atoms with van der Waals surface area (Å²) in [6.07, 6.45) is 0.130. The lowest BCUT2D eigenvalue weighted by atomic mass is 9.82. The predicted octanol–water partition coefficient (Wildman–Crippen LogP) is 2.81. The minimum absolute atomic E-state index is 0.130. The molecule has 2 rings (SSSR count). The van der Waals surface area contributed by atoms with Crippen LogP contribution in [0, 0.1) is 5.92 Å². The van der Waals surface area contributed by atoms with E-state index in [9.17, 15) is 19.8 Å². The molecule has 0 aliphatic heterocycles. The van der Waals surface area contributed by atoms with Gasteiger partial charge < -0.3 is 14.9 Å². The number of carboxylic acid groups (broad SMARTS) is 2. The third kappa shape index (κ3) is 4.10. The Balaban J connectivity index is 2.31. The summed E-state index contributed by atoms with van der Waals surface area (Å²) < 4.78 is 5.07. The molecular formula is C18H18O5. The van der Waals surface area contributed by atoms with Crippen molar-refractivity contribution in [3.05, 3.63) is 65.7 Å². The highest BCUT2D eigenvalue weighted by Crippen LogP contribution is 2.29. The van der Waals surface area contributed by atoms with Gasteiger partial charge in [-0.1, -0.05) is 42.5 Å². The van der Waals surface area contributed by atoms with Crippen LogP contribution in [0.25, 0.3) is 0 Å². The van der Waals surface area contributed by atoms with Gasteiger partial charge in [0.25, 0.3) is 0 Å². The van der Waals surface area contributed by atoms with Gasteiger partial charge in [0.1, 0.15) is 5.75 Å². The molecule has 120 valence electrons. The van der Waals surface area contributed by atoms with Gasteiger partial charge in [0, 0.05) is 0 Å². The van der Waals surface area contributed by atoms with E-state index in [-0.39, 0.29) is 6.42 Å². The first kappa shape index (κ1) is 16.5. The summed E-state index contributed by atoms with van der Waals surface area (Å²) in [5, 5.41) is 19.1. The van der Waals surface area contributed by atoms with Crippen molar-refractivity contribution in [3.8, 4) is 5.75 Å². The highest BCUT2D eigenvalue weighted by Gasteiger charge is 2.35. The Labute approximate surface area is 134 Å². The molecule has 5 heteroatoms. The summed E-state index contributed by atoms with van der Waals surface area (Å²) in [5.74, 6) is -3.76. The van der Waals surface area contributed by atoms with E-state index in [0.717, 1.165) is 5.56 Å². The van der Waals surface area contributed by atoms with E-state index in [1.165, 1.54) is 0 Å². The lowest BCUT2D eigenvalue weighted by molar-refractivity contribution is -0.150. The van der Waals surface area contributed by atoms with Crippen LogP contribution in [0.1, 0.15) is 17.0 Å². The zero-order chi connectivity index (χ0) is 16.8. The molecule has 0 spiro atoms. The van der Waals surface area contributed by atoms with Gasteiger partial charge in [-0.2, -0.15) is 0 Å². The van der Waals surface area contributed by atoms with Gasteiger partial charge in [-0.3, -0.25) is 9.59 Å². The minimum atomic E-state index is -1.14. The maximum absolute atomic E-state index is 11.7. The molecule has 0 amide bonds. The molecule has 2 N–H and O–H groups in total. The van der Waals surface area contributed by atoms with E-state index in [1.807, 2.05) is 0 Å². The van der Waals surface area contributed by atoms with Crippen molar-refractivity contribution >= 4 is 11.9 Å². The molecule has 2 unspecified atom stereocenters. The molecule has 0 aliphatic rings. The summed E-state index contributed by atoms with van der Waals surface area (Å²) in [5.41, 5.74) is 1.24. The number of ether oxygens (including phenoxy) is 1. The Bertz CT molecular complexity index is 664. The molecule has 0 saturated heterocycles. The highest BCUT2D eigenvalue weighted by atomic mass is 16.5. The van der Waals surface area contributed by atoms with E-state index in [1.54, 1.807) is 61.7 Å². The maximum atomic E-state index is 11.7. The van der Waals surface area contributed by atoms with Crippen LogP contribution >= 0.6 is 0 Å². The molecule has 0 fully saturated rings. The first-order valence-electron chi connectivity index (χ1n) is 7.16. The van der Waals surface area contributed by atoms with Crippen molar-refractivity contribution in [1.82, 2.24) is 0 Å². The van der Waals surface area contributed by atoms with E-state index < -0.39 is 23.8 Å². The number of carbonyl (C=O) groups is 2. The van der Waals surface area contributed by atoms with Crippen molar-refractivity contribution in [2.24, 2.45) is 5.92 Å². The Morgan fingerprint density at radius 2 is 1.57 bits per heavy atom. The summed E-state index contributed by atoms with van der Waals surface area (Å²) in [6.45, 7) is 0. The molecule has 5 nitrogen and oxygen atoms in total.